The summed E-state index contributed by atoms with van der Waals surface area (Å²) in [5.74, 6) is 0.639. The van der Waals surface area contributed by atoms with Crippen LogP contribution >= 0.6 is 0 Å². The standard InChI is InChI=1S/C16H17N3O5/c1-16(2)15(21)19(13-10(24-16)6-7-12(17)18-13)8-9-4-5-11(23-9)14(20)22-3/h4-7H,8H2,1-3H3,(H2,17,18). The van der Waals surface area contributed by atoms with E-state index in [9.17, 15) is 9.59 Å². The molecule has 24 heavy (non-hydrogen) atoms. The van der Waals surface area contributed by atoms with Gasteiger partial charge in [0.05, 0.1) is 13.7 Å². The molecule has 2 aromatic rings. The number of fused-ring (bicyclic) bond motifs is 1. The Kier molecular flexibility index (Phi) is 3.67. The number of esters is 1. The van der Waals surface area contributed by atoms with Crippen molar-refractivity contribution in [2.75, 3.05) is 17.7 Å². The quantitative estimate of drug-likeness (QED) is 0.853. The number of furan rings is 1. The third-order valence-electron chi connectivity index (χ3n) is 3.60. The normalized spacial score (nSPS) is 15.6. The maximum absolute atomic E-state index is 12.7. The van der Waals surface area contributed by atoms with Crippen molar-refractivity contribution >= 4 is 23.5 Å². The van der Waals surface area contributed by atoms with Crippen LogP contribution < -0.4 is 15.4 Å². The van der Waals surface area contributed by atoms with Crippen LogP contribution in [0.3, 0.4) is 0 Å². The first-order valence-electron chi connectivity index (χ1n) is 7.26. The van der Waals surface area contributed by atoms with Gasteiger partial charge in [-0.05, 0) is 38.1 Å². The largest absolute Gasteiger partial charge is 0.474 e. The minimum absolute atomic E-state index is 0.0632. The number of aromatic nitrogens is 1. The van der Waals surface area contributed by atoms with Gasteiger partial charge in [0.25, 0.3) is 5.91 Å². The van der Waals surface area contributed by atoms with Crippen LogP contribution in [0.5, 0.6) is 5.75 Å². The highest BCUT2D eigenvalue weighted by atomic mass is 16.5. The number of carbonyl (C=O) groups excluding carboxylic acids is 2. The zero-order valence-electron chi connectivity index (χ0n) is 13.5. The monoisotopic (exact) mass is 331 g/mol. The Bertz CT molecular complexity index is 812. The van der Waals surface area contributed by atoms with Crippen molar-refractivity contribution in [3.63, 3.8) is 0 Å². The Labute approximate surface area is 138 Å². The van der Waals surface area contributed by atoms with Crippen LogP contribution in [-0.2, 0) is 16.1 Å². The summed E-state index contributed by atoms with van der Waals surface area (Å²) in [4.78, 5) is 29.8. The fourth-order valence-corrected chi connectivity index (χ4v) is 2.44. The van der Waals surface area contributed by atoms with E-state index in [1.165, 1.54) is 18.1 Å². The van der Waals surface area contributed by atoms with Crippen LogP contribution in [0.1, 0.15) is 30.2 Å². The molecule has 0 saturated heterocycles. The number of nitrogens with zero attached hydrogens (tertiary/aromatic N) is 2. The number of nitrogens with two attached hydrogens (primary N) is 1. The molecule has 8 heteroatoms. The highest BCUT2D eigenvalue weighted by Crippen LogP contribution is 2.37. The van der Waals surface area contributed by atoms with Gasteiger partial charge in [0.15, 0.2) is 17.2 Å². The van der Waals surface area contributed by atoms with Crippen LogP contribution in [0.4, 0.5) is 11.6 Å². The van der Waals surface area contributed by atoms with Gasteiger partial charge in [-0.3, -0.25) is 9.69 Å². The first-order chi connectivity index (χ1) is 11.3. The summed E-state index contributed by atoms with van der Waals surface area (Å²) in [5, 5.41) is 0. The lowest BCUT2D eigenvalue weighted by molar-refractivity contribution is -0.133. The van der Waals surface area contributed by atoms with Crippen molar-refractivity contribution in [1.82, 2.24) is 4.98 Å². The van der Waals surface area contributed by atoms with E-state index < -0.39 is 11.6 Å². The molecular formula is C16H17N3O5. The van der Waals surface area contributed by atoms with Gasteiger partial charge < -0.3 is 19.6 Å². The van der Waals surface area contributed by atoms with E-state index in [1.807, 2.05) is 0 Å². The van der Waals surface area contributed by atoms with E-state index in [4.69, 9.17) is 14.9 Å². The highest BCUT2D eigenvalue weighted by Gasteiger charge is 2.42. The Hall–Kier alpha value is -3.03. The number of rotatable bonds is 3. The van der Waals surface area contributed by atoms with E-state index in [0.717, 1.165) is 0 Å². The number of pyridine rings is 1. The number of hydrogen-bond acceptors (Lipinski definition) is 7. The minimum atomic E-state index is -1.05. The van der Waals surface area contributed by atoms with Gasteiger partial charge in [-0.25, -0.2) is 9.78 Å². The van der Waals surface area contributed by atoms with E-state index in [2.05, 4.69) is 9.72 Å². The fraction of sp³-hybridized carbons (Fsp3) is 0.312. The molecule has 0 atom stereocenters. The van der Waals surface area contributed by atoms with E-state index in [0.29, 0.717) is 17.3 Å². The smallest absolute Gasteiger partial charge is 0.373 e. The van der Waals surface area contributed by atoms with Crippen LogP contribution in [-0.4, -0.2) is 29.6 Å². The maximum Gasteiger partial charge on any atom is 0.373 e. The lowest BCUT2D eigenvalue weighted by Crippen LogP contribution is -2.52. The van der Waals surface area contributed by atoms with Crippen molar-refractivity contribution in [3.05, 3.63) is 35.8 Å². The number of hydrogen-bond donors (Lipinski definition) is 1. The average Bonchev–Trinajstić information content (AvgIpc) is 3.00. The molecule has 1 aliphatic heterocycles. The molecule has 2 aromatic heterocycles. The summed E-state index contributed by atoms with van der Waals surface area (Å²) in [7, 11) is 1.27. The molecule has 0 aromatic carbocycles. The summed E-state index contributed by atoms with van der Waals surface area (Å²) in [6.45, 7) is 3.43. The van der Waals surface area contributed by atoms with Crippen molar-refractivity contribution in [1.29, 1.82) is 0 Å². The molecule has 1 amide bonds. The second kappa shape index (κ2) is 5.55. The van der Waals surface area contributed by atoms with Gasteiger partial charge in [-0.2, -0.15) is 0 Å². The predicted molar refractivity (Wildman–Crippen MR) is 84.6 cm³/mol. The lowest BCUT2D eigenvalue weighted by atomic mass is 10.1. The fourth-order valence-electron chi connectivity index (χ4n) is 2.44. The Morgan fingerprint density at radius 1 is 1.33 bits per heavy atom. The Balaban J connectivity index is 1.97. The molecule has 126 valence electrons. The number of methoxy groups -OCH3 is 1. The molecule has 0 bridgehead atoms. The molecule has 8 nitrogen and oxygen atoms in total. The molecule has 0 aliphatic carbocycles. The molecule has 1 aliphatic rings. The second-order valence-corrected chi connectivity index (χ2v) is 5.82. The first kappa shape index (κ1) is 15.9. The van der Waals surface area contributed by atoms with E-state index >= 15 is 0 Å². The van der Waals surface area contributed by atoms with Crippen molar-refractivity contribution in [2.24, 2.45) is 0 Å². The zero-order chi connectivity index (χ0) is 17.5. The van der Waals surface area contributed by atoms with Gasteiger partial charge in [0.2, 0.25) is 5.76 Å². The minimum Gasteiger partial charge on any atom is -0.474 e. The number of anilines is 2. The maximum atomic E-state index is 12.7. The second-order valence-electron chi connectivity index (χ2n) is 5.82. The van der Waals surface area contributed by atoms with Crippen LogP contribution in [0.2, 0.25) is 0 Å². The first-order valence-corrected chi connectivity index (χ1v) is 7.26. The van der Waals surface area contributed by atoms with Gasteiger partial charge in [-0.15, -0.1) is 0 Å². The van der Waals surface area contributed by atoms with E-state index in [-0.39, 0.29) is 24.0 Å². The van der Waals surface area contributed by atoms with Crippen LogP contribution in [0.15, 0.2) is 28.7 Å². The number of carbonyl (C=O) groups is 2. The van der Waals surface area contributed by atoms with Gasteiger partial charge >= 0.3 is 5.97 Å². The molecule has 3 rings (SSSR count). The van der Waals surface area contributed by atoms with Gasteiger partial charge in [0, 0.05) is 0 Å². The Morgan fingerprint density at radius 2 is 2.08 bits per heavy atom. The van der Waals surface area contributed by atoms with E-state index in [1.54, 1.807) is 32.0 Å². The van der Waals surface area contributed by atoms with Crippen molar-refractivity contribution < 1.29 is 23.5 Å². The average molecular weight is 331 g/mol. The third-order valence-corrected chi connectivity index (χ3v) is 3.60. The predicted octanol–water partition coefficient (Wildman–Crippen LogP) is 1.75. The van der Waals surface area contributed by atoms with Crippen LogP contribution in [0, 0.1) is 0 Å². The molecule has 3 heterocycles. The lowest BCUT2D eigenvalue weighted by Gasteiger charge is -2.37. The number of nitrogen functional groups attached to an aromatic ring is 1. The summed E-state index contributed by atoms with van der Waals surface area (Å²) < 4.78 is 15.7. The van der Waals surface area contributed by atoms with Gasteiger partial charge in [0.1, 0.15) is 11.6 Å². The summed E-state index contributed by atoms with van der Waals surface area (Å²) >= 11 is 0. The van der Waals surface area contributed by atoms with Crippen molar-refractivity contribution in [2.45, 2.75) is 26.0 Å². The van der Waals surface area contributed by atoms with Crippen molar-refractivity contribution in [3.8, 4) is 5.75 Å². The van der Waals surface area contributed by atoms with Gasteiger partial charge in [-0.1, -0.05) is 0 Å². The molecule has 0 saturated carbocycles. The summed E-state index contributed by atoms with van der Waals surface area (Å²) in [6.07, 6.45) is 0. The topological polar surface area (TPSA) is 108 Å². The SMILES string of the molecule is COC(=O)c1ccc(CN2C(=O)C(C)(C)Oc3ccc(N)nc32)o1. The summed E-state index contributed by atoms with van der Waals surface area (Å²) in [5.41, 5.74) is 4.67. The molecule has 2 N–H and O–H groups in total. The number of amides is 1. The zero-order valence-corrected chi connectivity index (χ0v) is 13.5. The molecule has 0 spiro atoms. The Morgan fingerprint density at radius 3 is 2.79 bits per heavy atom. The molecule has 0 unspecified atom stereocenters. The number of ether oxygens (including phenoxy) is 2. The third kappa shape index (κ3) is 2.66. The molecule has 0 radical (unpaired) electrons. The molecule has 0 fully saturated rings. The van der Waals surface area contributed by atoms with Crippen LogP contribution in [0.25, 0.3) is 0 Å². The molecular weight excluding hydrogens is 314 g/mol. The summed E-state index contributed by atoms with van der Waals surface area (Å²) in [6, 6.07) is 6.37. The highest BCUT2D eigenvalue weighted by molar-refractivity contribution is 6.01.